The molecule has 2 aliphatic heterocycles. The van der Waals surface area contributed by atoms with Crippen LogP contribution >= 0.6 is 0 Å². The zero-order chi connectivity index (χ0) is 21.8. The van der Waals surface area contributed by atoms with Gasteiger partial charge in [0.15, 0.2) is 5.75 Å². The number of carbonyl (C=O) groups is 1. The number of phenols is 1. The van der Waals surface area contributed by atoms with Crippen molar-refractivity contribution in [1.29, 1.82) is 0 Å². The Kier molecular flexibility index (Phi) is 6.19. The fraction of sp³-hybridized carbons (Fsp3) is 0.381. The molecule has 2 saturated heterocycles. The zero-order valence-electron chi connectivity index (χ0n) is 17.0. The summed E-state index contributed by atoms with van der Waals surface area (Å²) in [5, 5.41) is 23.6. The SMILES string of the molecule is O=C(Nc1ccc(N2CCOCC2)cc1N1CCOCC1)c1ccc([N+](=O)[O-])c(O)c1. The van der Waals surface area contributed by atoms with Gasteiger partial charge in [0.2, 0.25) is 0 Å². The fourth-order valence-corrected chi connectivity index (χ4v) is 3.72. The van der Waals surface area contributed by atoms with Crippen LogP contribution in [0.5, 0.6) is 5.75 Å². The number of benzene rings is 2. The van der Waals surface area contributed by atoms with E-state index >= 15 is 0 Å². The van der Waals surface area contributed by atoms with Crippen LogP contribution in [0, 0.1) is 10.1 Å². The third-order valence-corrected chi connectivity index (χ3v) is 5.39. The third-order valence-electron chi connectivity index (χ3n) is 5.39. The lowest BCUT2D eigenvalue weighted by Gasteiger charge is -2.33. The van der Waals surface area contributed by atoms with Crippen LogP contribution in [-0.2, 0) is 9.47 Å². The summed E-state index contributed by atoms with van der Waals surface area (Å²) in [4.78, 5) is 27.4. The van der Waals surface area contributed by atoms with Crippen molar-refractivity contribution in [3.05, 3.63) is 52.1 Å². The first-order chi connectivity index (χ1) is 15.0. The van der Waals surface area contributed by atoms with E-state index in [4.69, 9.17) is 9.47 Å². The van der Waals surface area contributed by atoms with Crippen LogP contribution in [0.1, 0.15) is 10.4 Å². The number of amides is 1. The Morgan fingerprint density at radius 1 is 0.968 bits per heavy atom. The van der Waals surface area contributed by atoms with Gasteiger partial charge in [-0.15, -0.1) is 0 Å². The highest BCUT2D eigenvalue weighted by Gasteiger charge is 2.21. The summed E-state index contributed by atoms with van der Waals surface area (Å²) in [6.45, 7) is 5.56. The van der Waals surface area contributed by atoms with Crippen LogP contribution in [0.4, 0.5) is 22.7 Å². The largest absolute Gasteiger partial charge is 0.502 e. The van der Waals surface area contributed by atoms with Gasteiger partial charge in [-0.3, -0.25) is 14.9 Å². The van der Waals surface area contributed by atoms with Gasteiger partial charge in [0.05, 0.1) is 42.7 Å². The third kappa shape index (κ3) is 4.70. The molecule has 4 rings (SSSR count). The van der Waals surface area contributed by atoms with E-state index in [2.05, 4.69) is 21.2 Å². The van der Waals surface area contributed by atoms with Crippen LogP contribution < -0.4 is 15.1 Å². The van der Waals surface area contributed by atoms with Crippen LogP contribution in [-0.4, -0.2) is 68.5 Å². The summed E-state index contributed by atoms with van der Waals surface area (Å²) in [5.74, 6) is -1.01. The van der Waals surface area contributed by atoms with Crippen molar-refractivity contribution in [3.8, 4) is 5.75 Å². The van der Waals surface area contributed by atoms with Gasteiger partial charge in [0.1, 0.15) is 0 Å². The van der Waals surface area contributed by atoms with E-state index in [-0.39, 0.29) is 5.56 Å². The van der Waals surface area contributed by atoms with Crippen LogP contribution in [0.15, 0.2) is 36.4 Å². The Labute approximate surface area is 179 Å². The molecule has 164 valence electrons. The molecule has 31 heavy (non-hydrogen) atoms. The fourth-order valence-electron chi connectivity index (χ4n) is 3.72. The maximum atomic E-state index is 12.8. The number of morpholine rings is 2. The molecule has 0 radical (unpaired) electrons. The minimum atomic E-state index is -0.697. The molecule has 10 nitrogen and oxygen atoms in total. The van der Waals surface area contributed by atoms with Crippen molar-refractivity contribution < 1.29 is 24.3 Å². The highest BCUT2D eigenvalue weighted by molar-refractivity contribution is 6.06. The number of ether oxygens (including phenoxy) is 2. The summed E-state index contributed by atoms with van der Waals surface area (Å²) in [6, 6.07) is 9.42. The summed E-state index contributed by atoms with van der Waals surface area (Å²) in [7, 11) is 0. The lowest BCUT2D eigenvalue weighted by molar-refractivity contribution is -0.385. The van der Waals surface area contributed by atoms with Crippen molar-refractivity contribution in [2.45, 2.75) is 0 Å². The van der Waals surface area contributed by atoms with Crippen LogP contribution in [0.25, 0.3) is 0 Å². The van der Waals surface area contributed by atoms with Gasteiger partial charge in [-0.1, -0.05) is 0 Å². The molecule has 0 spiro atoms. The minimum Gasteiger partial charge on any atom is -0.502 e. The first-order valence-electron chi connectivity index (χ1n) is 10.1. The predicted molar refractivity (Wildman–Crippen MR) is 115 cm³/mol. The van der Waals surface area contributed by atoms with Crippen molar-refractivity contribution >= 4 is 28.7 Å². The van der Waals surface area contributed by atoms with Crippen molar-refractivity contribution in [1.82, 2.24) is 0 Å². The number of nitrogens with zero attached hydrogens (tertiary/aromatic N) is 3. The summed E-state index contributed by atoms with van der Waals surface area (Å²) in [5.41, 5.74) is 2.25. The van der Waals surface area contributed by atoms with Crippen molar-refractivity contribution in [2.24, 2.45) is 0 Å². The molecule has 2 aromatic carbocycles. The second kappa shape index (κ2) is 9.19. The average Bonchev–Trinajstić information content (AvgIpc) is 2.80. The second-order valence-electron chi connectivity index (χ2n) is 7.32. The van der Waals surface area contributed by atoms with E-state index < -0.39 is 22.3 Å². The first-order valence-corrected chi connectivity index (χ1v) is 10.1. The lowest BCUT2D eigenvalue weighted by Crippen LogP contribution is -2.38. The summed E-state index contributed by atoms with van der Waals surface area (Å²) < 4.78 is 10.9. The molecule has 2 N–H and O–H groups in total. The topological polar surface area (TPSA) is 117 Å². The van der Waals surface area contributed by atoms with Gasteiger partial charge in [-0.25, -0.2) is 0 Å². The second-order valence-corrected chi connectivity index (χ2v) is 7.32. The number of nitrogens with one attached hydrogen (secondary N) is 1. The first kappa shape index (κ1) is 20.9. The molecule has 2 fully saturated rings. The highest BCUT2D eigenvalue weighted by atomic mass is 16.6. The number of carbonyl (C=O) groups excluding carboxylic acids is 1. The lowest BCUT2D eigenvalue weighted by atomic mass is 10.1. The highest BCUT2D eigenvalue weighted by Crippen LogP contribution is 2.33. The van der Waals surface area contributed by atoms with E-state index in [0.717, 1.165) is 36.6 Å². The Balaban J connectivity index is 1.61. The zero-order valence-corrected chi connectivity index (χ0v) is 17.0. The Hall–Kier alpha value is -3.37. The minimum absolute atomic E-state index is 0.133. The number of nitro groups is 1. The molecule has 0 bridgehead atoms. The van der Waals surface area contributed by atoms with E-state index in [1.165, 1.54) is 6.07 Å². The van der Waals surface area contributed by atoms with Crippen molar-refractivity contribution in [2.75, 3.05) is 67.7 Å². The molecule has 10 heteroatoms. The van der Waals surface area contributed by atoms with E-state index in [0.29, 0.717) is 45.2 Å². The maximum Gasteiger partial charge on any atom is 0.310 e. The predicted octanol–water partition coefficient (Wildman–Crippen LogP) is 2.23. The number of anilines is 3. The smallest absolute Gasteiger partial charge is 0.310 e. The van der Waals surface area contributed by atoms with E-state index in [1.54, 1.807) is 0 Å². The monoisotopic (exact) mass is 428 g/mol. The molecule has 0 atom stereocenters. The number of aromatic hydroxyl groups is 1. The van der Waals surface area contributed by atoms with Gasteiger partial charge in [-0.2, -0.15) is 0 Å². The molecule has 0 aromatic heterocycles. The molecule has 1 amide bonds. The Bertz CT molecular complexity index is 970. The standard InChI is InChI=1S/C21H24N4O6/c26-20-13-15(1-4-18(20)25(28)29)21(27)22-17-3-2-16(23-5-9-30-10-6-23)14-19(17)24-7-11-31-12-8-24/h1-4,13-14,26H,5-12H2,(H,22,27). The normalized spacial score (nSPS) is 16.8. The molecule has 0 saturated carbocycles. The molecule has 0 aliphatic carbocycles. The van der Waals surface area contributed by atoms with E-state index in [1.807, 2.05) is 12.1 Å². The van der Waals surface area contributed by atoms with Crippen molar-refractivity contribution in [3.63, 3.8) is 0 Å². The number of nitro benzene ring substituents is 1. The van der Waals surface area contributed by atoms with Gasteiger partial charge in [0, 0.05) is 43.5 Å². The summed E-state index contributed by atoms with van der Waals surface area (Å²) in [6.07, 6.45) is 0. The maximum absolute atomic E-state index is 12.8. The Morgan fingerprint density at radius 2 is 1.61 bits per heavy atom. The van der Waals surface area contributed by atoms with Crippen LogP contribution in [0.3, 0.4) is 0 Å². The number of phenolic OH excluding ortho intramolecular Hbond substituents is 1. The molecular weight excluding hydrogens is 404 g/mol. The Morgan fingerprint density at radius 3 is 2.23 bits per heavy atom. The molecular formula is C21H24N4O6. The van der Waals surface area contributed by atoms with Gasteiger partial charge in [0.25, 0.3) is 5.91 Å². The summed E-state index contributed by atoms with van der Waals surface area (Å²) >= 11 is 0. The molecule has 2 heterocycles. The number of hydrogen-bond donors (Lipinski definition) is 2. The van der Waals surface area contributed by atoms with Gasteiger partial charge in [-0.05, 0) is 30.3 Å². The molecule has 2 aromatic rings. The molecule has 2 aliphatic rings. The van der Waals surface area contributed by atoms with Crippen LogP contribution in [0.2, 0.25) is 0 Å². The molecule has 0 unspecified atom stereocenters. The van der Waals surface area contributed by atoms with Gasteiger partial charge >= 0.3 is 5.69 Å². The average molecular weight is 428 g/mol. The quantitative estimate of drug-likeness (QED) is 0.550. The number of hydrogen-bond acceptors (Lipinski definition) is 8. The number of rotatable bonds is 5. The van der Waals surface area contributed by atoms with Gasteiger partial charge < -0.3 is 29.7 Å². The van der Waals surface area contributed by atoms with E-state index in [9.17, 15) is 20.0 Å².